The first-order chi connectivity index (χ1) is 50.8. The summed E-state index contributed by atoms with van der Waals surface area (Å²) in [6, 6.07) is 33.9. The first-order valence-electron chi connectivity index (χ1n) is 37.4. The largest absolute Gasteiger partial charge is 0.480 e. The van der Waals surface area contributed by atoms with Crippen LogP contribution in [0.2, 0.25) is 0 Å². The molecule has 3 amide bonds. The third kappa shape index (κ3) is 19.7. The fourth-order valence-corrected chi connectivity index (χ4v) is 19.2. The molecule has 5 unspecified atom stereocenters. The molecule has 1 aliphatic carbocycles. The number of halogens is 1. The Kier molecular flexibility index (Phi) is 26.8. The van der Waals surface area contributed by atoms with Crippen LogP contribution in [0.1, 0.15) is 155 Å². The summed E-state index contributed by atoms with van der Waals surface area (Å²) in [4.78, 5) is 68.3. The van der Waals surface area contributed by atoms with E-state index in [4.69, 9.17) is 14.2 Å². The van der Waals surface area contributed by atoms with Gasteiger partial charge in [0.2, 0.25) is 11.6 Å². The maximum atomic E-state index is 14.4. The zero-order valence-electron chi connectivity index (χ0n) is 62.0. The molecule has 11 rings (SSSR count). The SMILES string of the molecule is CCCCN1/C(=C/C=C2\CCCC(/C=C/C3=[N+](CCCCS(=O)(=O)O)c4ccc5ccccc5c4C3(C)C)=C2Sc2ccc(NC(=O)C(CC(Br)C(=O)O)CC(C)(C)C(=O)OCCOCCOCCn3cc(CCC(=O)CCCCC4SCC5NC(=O)NC54)nn3)cc2)C(C)(C)c2c1ccc1ccccc21. The number of aliphatic carboxylic acids is 1. The number of carboxylic acids is 1. The maximum absolute atomic E-state index is 14.4. The summed E-state index contributed by atoms with van der Waals surface area (Å²) in [5, 5.41) is 32.6. The van der Waals surface area contributed by atoms with E-state index in [1.807, 2.05) is 42.2 Å². The van der Waals surface area contributed by atoms with Crippen LogP contribution >= 0.6 is 39.5 Å². The summed E-state index contributed by atoms with van der Waals surface area (Å²) in [7, 11) is -4.12. The monoisotopic (exact) mass is 1570 g/mol. The number of nitrogens with one attached hydrogen (secondary N) is 3. The number of esters is 1. The highest BCUT2D eigenvalue weighted by Crippen LogP contribution is 2.52. The van der Waals surface area contributed by atoms with Gasteiger partial charge in [0.25, 0.3) is 10.1 Å². The highest BCUT2D eigenvalue weighted by molar-refractivity contribution is 9.10. The number of Topliss-reactive ketones (excluding diaryl/α,β-unsaturated/α-hetero) is 1. The Hall–Kier alpha value is -7.45. The molecule has 5 heterocycles. The zero-order valence-corrected chi connectivity index (χ0v) is 66.0. The fourth-order valence-electron chi connectivity index (χ4n) is 15.6. The van der Waals surface area contributed by atoms with Crippen molar-refractivity contribution in [3.63, 3.8) is 0 Å². The van der Waals surface area contributed by atoms with Gasteiger partial charge in [-0.15, -0.1) is 5.10 Å². The van der Waals surface area contributed by atoms with Crippen LogP contribution in [0.3, 0.4) is 0 Å². The quantitative estimate of drug-likeness (QED) is 0.00602. The van der Waals surface area contributed by atoms with Crippen LogP contribution < -0.4 is 20.9 Å². The van der Waals surface area contributed by atoms with E-state index < -0.39 is 49.5 Å². The van der Waals surface area contributed by atoms with Crippen LogP contribution in [-0.2, 0) is 67.3 Å². The molecule has 106 heavy (non-hydrogen) atoms. The minimum absolute atomic E-state index is 0.00115. The molecular weight excluding hydrogens is 1470 g/mol. The number of alkyl halides is 1. The molecule has 0 saturated carbocycles. The second-order valence-electron chi connectivity index (χ2n) is 30.1. The molecule has 2 saturated heterocycles. The van der Waals surface area contributed by atoms with Gasteiger partial charge in [-0.05, 0) is 173 Å². The number of allylic oxidation sites excluding steroid dienone is 7. The number of unbranched alkanes of at least 4 members (excludes halogenated alkanes) is 3. The van der Waals surface area contributed by atoms with Gasteiger partial charge in [-0.2, -0.15) is 24.8 Å². The van der Waals surface area contributed by atoms with Crippen molar-refractivity contribution < 1.29 is 60.8 Å². The number of ketones is 1. The number of amides is 3. The van der Waals surface area contributed by atoms with Crippen LogP contribution in [0.5, 0.6) is 0 Å². The predicted octanol–water partition coefficient (Wildman–Crippen LogP) is 15.5. The summed E-state index contributed by atoms with van der Waals surface area (Å²) in [6.07, 6.45) is 20.7. The lowest BCUT2D eigenvalue weighted by Gasteiger charge is -2.28. The number of hydrogen-bond acceptors (Lipinski definition) is 15. The van der Waals surface area contributed by atoms with E-state index in [0.29, 0.717) is 69.3 Å². The van der Waals surface area contributed by atoms with E-state index >= 15 is 0 Å². The summed E-state index contributed by atoms with van der Waals surface area (Å²) in [6.45, 7) is 17.7. The third-order valence-electron chi connectivity index (χ3n) is 21.1. The Labute approximate surface area is 640 Å². The van der Waals surface area contributed by atoms with Gasteiger partial charge in [0, 0.05) is 98.9 Å². The van der Waals surface area contributed by atoms with E-state index in [1.165, 1.54) is 49.8 Å². The molecule has 6 aromatic rings. The first kappa shape index (κ1) is 79.6. The topological polar surface area (TPSA) is 261 Å². The number of anilines is 2. The van der Waals surface area contributed by atoms with Crippen molar-refractivity contribution in [3.8, 4) is 0 Å². The van der Waals surface area contributed by atoms with Crippen molar-refractivity contribution in [2.24, 2.45) is 11.3 Å². The van der Waals surface area contributed by atoms with Gasteiger partial charge < -0.3 is 40.2 Å². The van der Waals surface area contributed by atoms with E-state index in [9.17, 15) is 42.0 Å². The third-order valence-corrected chi connectivity index (χ3v) is 25.4. The summed E-state index contributed by atoms with van der Waals surface area (Å²) < 4.78 is 54.6. The average molecular weight is 1570 g/mol. The Morgan fingerprint density at radius 3 is 2.28 bits per heavy atom. The molecule has 5 aliphatic rings. The second kappa shape index (κ2) is 35.7. The van der Waals surface area contributed by atoms with Gasteiger partial charge in [-0.1, -0.05) is 133 Å². The number of carbonyl (C=O) groups is 5. The molecule has 2 fully saturated rings. The minimum atomic E-state index is -4.12. The van der Waals surface area contributed by atoms with Gasteiger partial charge in [0.15, 0.2) is 5.71 Å². The van der Waals surface area contributed by atoms with Gasteiger partial charge in [-0.3, -0.25) is 23.7 Å². The van der Waals surface area contributed by atoms with Crippen molar-refractivity contribution in [1.29, 1.82) is 0 Å². The Bertz CT molecular complexity index is 4490. The van der Waals surface area contributed by atoms with Crippen molar-refractivity contribution in [2.75, 3.05) is 67.8 Å². The molecule has 5 atom stereocenters. The van der Waals surface area contributed by atoms with Gasteiger partial charge >= 0.3 is 18.0 Å². The second-order valence-corrected chi connectivity index (χ2v) is 35.1. The summed E-state index contributed by atoms with van der Waals surface area (Å²) in [5.41, 5.74) is 8.91. The van der Waals surface area contributed by atoms with Crippen molar-refractivity contribution in [1.82, 2.24) is 25.6 Å². The highest BCUT2D eigenvalue weighted by Gasteiger charge is 2.47. The molecular formula is C82H102BrN8O12S3+. The number of carbonyl (C=O) groups excluding carboxylic acids is 4. The zero-order chi connectivity index (χ0) is 75.3. The number of fused-ring (bicyclic) bond motifs is 7. The standard InChI is InChI=1S/C82H101BrN8O12S3/c1-8-9-41-90-67-37-27-54-19-10-13-24-63(54)72(67)81(4,5)70(90)39-29-56-21-18-22-57(30-40-71-82(6,7)73-64-25-14-11-20-55(64)28-38-68(73)91(71)42-16-17-49-106(98,99)100)75(56)105-62-35-32-59(33-36-62)84-76(93)58(50-65(83)77(94)95)51-80(2,3)78(96)103-48-47-102-46-45-101-44-43-89-52-60(87-88-89)31-34-61(92)23-12-15-26-69-74-66(53-104-69)85-79(97)86-74/h10-11,13-14,19-20,24-25,27-30,32-33,35-40,52,58,65-66,69,74H,8-9,12,15-18,21-23,26,31,34,41-51,53H2,1-7H3,(H4-,84,85,86,93,94,95,97,98,99,100)/p+1. The van der Waals surface area contributed by atoms with Crippen LogP contribution in [0.4, 0.5) is 21.9 Å². The minimum Gasteiger partial charge on any atom is -0.480 e. The normalized spacial score (nSPS) is 19.7. The van der Waals surface area contributed by atoms with Crippen LogP contribution in [-0.4, -0.2) is 153 Å². The lowest BCUT2D eigenvalue weighted by molar-refractivity contribution is -0.438. The number of hydrogen-bond donors (Lipinski definition) is 5. The Morgan fingerprint density at radius 1 is 0.830 bits per heavy atom. The molecule has 5 N–H and O–H groups in total. The van der Waals surface area contributed by atoms with Crippen molar-refractivity contribution in [2.45, 2.75) is 189 Å². The summed E-state index contributed by atoms with van der Waals surface area (Å²) in [5.74, 6) is -2.20. The van der Waals surface area contributed by atoms with Gasteiger partial charge in [0.1, 0.15) is 23.8 Å². The Morgan fingerprint density at radius 2 is 1.55 bits per heavy atom. The van der Waals surface area contributed by atoms with Crippen LogP contribution in [0.15, 0.2) is 154 Å². The molecule has 1 aromatic heterocycles. The lowest BCUT2D eigenvalue weighted by atomic mass is 9.78. The van der Waals surface area contributed by atoms with E-state index in [1.54, 1.807) is 30.3 Å². The summed E-state index contributed by atoms with van der Waals surface area (Å²) >= 11 is 6.83. The first-order valence-corrected chi connectivity index (χ1v) is 41.8. The predicted molar refractivity (Wildman–Crippen MR) is 426 cm³/mol. The van der Waals surface area contributed by atoms with Crippen LogP contribution in [0, 0.1) is 11.3 Å². The van der Waals surface area contributed by atoms with Crippen LogP contribution in [0.25, 0.3) is 21.5 Å². The van der Waals surface area contributed by atoms with Crippen molar-refractivity contribution in [3.05, 3.63) is 166 Å². The molecule has 20 nitrogen and oxygen atoms in total. The fraction of sp³-hybridized carbons (Fsp3) is 0.488. The Balaban J connectivity index is 0.728. The number of ether oxygens (including phenoxy) is 3. The number of benzene rings is 5. The molecule has 0 bridgehead atoms. The molecule has 4 aliphatic heterocycles. The molecule has 24 heteroatoms. The average Bonchev–Trinajstić information content (AvgIpc) is 1.57. The molecule has 0 spiro atoms. The number of aromatic nitrogens is 3. The van der Waals surface area contributed by atoms with Gasteiger partial charge in [0.05, 0.1) is 67.3 Å². The van der Waals surface area contributed by atoms with E-state index in [0.717, 1.165) is 95.9 Å². The number of urea groups is 1. The van der Waals surface area contributed by atoms with Gasteiger partial charge in [-0.25, -0.2) is 9.48 Å². The number of aryl methyl sites for hydroxylation is 1. The van der Waals surface area contributed by atoms with Crippen molar-refractivity contribution >= 4 is 124 Å². The lowest BCUT2D eigenvalue weighted by Crippen LogP contribution is -2.36. The number of rotatable bonds is 38. The van der Waals surface area contributed by atoms with E-state index in [-0.39, 0.29) is 67.7 Å². The number of nitrogens with zero attached hydrogens (tertiary/aromatic N) is 5. The number of thioether (sulfide) groups is 2. The molecule has 0 radical (unpaired) electrons. The number of carboxylic acid groups (broad SMARTS) is 1. The highest BCUT2D eigenvalue weighted by atomic mass is 79.9. The smallest absolute Gasteiger partial charge is 0.317 e. The molecule has 566 valence electrons. The molecule has 5 aromatic carbocycles. The van der Waals surface area contributed by atoms with E-state index in [2.05, 4.69) is 183 Å². The maximum Gasteiger partial charge on any atom is 0.317 e.